The molecule has 0 aliphatic heterocycles. The minimum Gasteiger partial charge on any atom is -0.276 e. The predicted octanol–water partition coefficient (Wildman–Crippen LogP) is 1.79. The lowest BCUT2D eigenvalue weighted by molar-refractivity contribution is -0.0265. The Labute approximate surface area is 125 Å². The number of halogens is 2. The van der Waals surface area contributed by atoms with Crippen LogP contribution in [0.25, 0.3) is 0 Å². The van der Waals surface area contributed by atoms with Crippen LogP contribution in [-0.2, 0) is 25.9 Å². The first-order valence-electron chi connectivity index (χ1n) is 6.70. The van der Waals surface area contributed by atoms with Gasteiger partial charge in [-0.25, -0.2) is 4.68 Å². The molecule has 2 heterocycles. The standard InChI is InChI=1S/C14H14F2N6/c1-21-9-11(8-17-21)7-13-18-19-20-22(13)10-14(15,16)12-5-3-2-4-6-12/h2-6,8-9H,7,10H2,1H3. The molecule has 0 saturated heterocycles. The van der Waals surface area contributed by atoms with Gasteiger partial charge in [-0.1, -0.05) is 30.3 Å². The number of hydrogen-bond acceptors (Lipinski definition) is 4. The number of nitrogens with zero attached hydrogens (tertiary/aromatic N) is 6. The molecule has 0 spiro atoms. The molecule has 22 heavy (non-hydrogen) atoms. The Hall–Kier alpha value is -2.64. The minimum absolute atomic E-state index is 0.0576. The van der Waals surface area contributed by atoms with E-state index in [1.807, 2.05) is 0 Å². The van der Waals surface area contributed by atoms with E-state index in [4.69, 9.17) is 0 Å². The van der Waals surface area contributed by atoms with Crippen LogP contribution in [0.2, 0.25) is 0 Å². The largest absolute Gasteiger partial charge is 0.292 e. The van der Waals surface area contributed by atoms with Gasteiger partial charge in [0.05, 0.1) is 6.20 Å². The molecule has 0 fully saturated rings. The van der Waals surface area contributed by atoms with Gasteiger partial charge in [-0.2, -0.15) is 13.9 Å². The van der Waals surface area contributed by atoms with Crippen molar-refractivity contribution in [3.63, 3.8) is 0 Å². The maximum Gasteiger partial charge on any atom is 0.292 e. The summed E-state index contributed by atoms with van der Waals surface area (Å²) in [5.74, 6) is -2.66. The lowest BCUT2D eigenvalue weighted by Crippen LogP contribution is -2.23. The van der Waals surface area contributed by atoms with Crippen LogP contribution in [0, 0.1) is 0 Å². The molecule has 2 aromatic heterocycles. The second-order valence-electron chi connectivity index (χ2n) is 5.02. The second kappa shape index (κ2) is 5.63. The summed E-state index contributed by atoms with van der Waals surface area (Å²) in [4.78, 5) is 0. The van der Waals surface area contributed by atoms with Gasteiger partial charge in [0, 0.05) is 25.2 Å². The molecule has 0 atom stereocenters. The third kappa shape index (κ3) is 3.00. The number of aromatic nitrogens is 6. The zero-order valence-electron chi connectivity index (χ0n) is 11.9. The summed E-state index contributed by atoms with van der Waals surface area (Å²) in [5, 5.41) is 15.1. The molecule has 114 valence electrons. The third-order valence-corrected chi connectivity index (χ3v) is 3.27. The molecule has 0 amide bonds. The van der Waals surface area contributed by atoms with E-state index in [0.29, 0.717) is 12.2 Å². The van der Waals surface area contributed by atoms with Crippen molar-refractivity contribution in [1.82, 2.24) is 30.0 Å². The normalized spacial score (nSPS) is 11.8. The SMILES string of the molecule is Cn1cc(Cc2nnnn2CC(F)(F)c2ccccc2)cn1. The third-order valence-electron chi connectivity index (χ3n) is 3.27. The van der Waals surface area contributed by atoms with Crippen LogP contribution in [0.5, 0.6) is 0 Å². The Morgan fingerprint density at radius 3 is 2.64 bits per heavy atom. The first kappa shape index (κ1) is 14.3. The highest BCUT2D eigenvalue weighted by molar-refractivity contribution is 5.20. The summed E-state index contributed by atoms with van der Waals surface area (Å²) < 4.78 is 31.4. The molecule has 3 rings (SSSR count). The van der Waals surface area contributed by atoms with Crippen LogP contribution < -0.4 is 0 Å². The molecule has 8 heteroatoms. The number of alkyl halides is 2. The minimum atomic E-state index is -3.04. The lowest BCUT2D eigenvalue weighted by Gasteiger charge is -2.16. The summed E-state index contributed by atoms with van der Waals surface area (Å²) in [6.07, 6.45) is 3.81. The zero-order valence-corrected chi connectivity index (χ0v) is 11.9. The first-order valence-corrected chi connectivity index (χ1v) is 6.70. The van der Waals surface area contributed by atoms with Crippen molar-refractivity contribution in [1.29, 1.82) is 0 Å². The number of rotatable bonds is 5. The summed E-state index contributed by atoms with van der Waals surface area (Å²) in [5.41, 5.74) is 0.805. The van der Waals surface area contributed by atoms with Crippen molar-refractivity contribution < 1.29 is 8.78 Å². The van der Waals surface area contributed by atoms with Crippen molar-refractivity contribution in [2.24, 2.45) is 7.05 Å². The van der Waals surface area contributed by atoms with E-state index in [-0.39, 0.29) is 5.56 Å². The smallest absolute Gasteiger partial charge is 0.276 e. The van der Waals surface area contributed by atoms with E-state index in [2.05, 4.69) is 20.6 Å². The second-order valence-corrected chi connectivity index (χ2v) is 5.02. The van der Waals surface area contributed by atoms with Gasteiger partial charge < -0.3 is 0 Å². The molecule has 0 radical (unpaired) electrons. The van der Waals surface area contributed by atoms with Crippen LogP contribution in [0.15, 0.2) is 42.7 Å². The highest BCUT2D eigenvalue weighted by Gasteiger charge is 2.33. The Balaban J connectivity index is 1.80. The summed E-state index contributed by atoms with van der Waals surface area (Å²) in [6, 6.07) is 7.65. The van der Waals surface area contributed by atoms with Crippen LogP contribution >= 0.6 is 0 Å². The summed E-state index contributed by atoms with van der Waals surface area (Å²) >= 11 is 0. The Bertz CT molecular complexity index is 750. The molecule has 0 N–H and O–H groups in total. The monoisotopic (exact) mass is 304 g/mol. The fourth-order valence-corrected chi connectivity index (χ4v) is 2.18. The van der Waals surface area contributed by atoms with Crippen LogP contribution in [0.4, 0.5) is 8.78 Å². The van der Waals surface area contributed by atoms with Gasteiger partial charge in [-0.05, 0) is 16.0 Å². The average Bonchev–Trinajstić information content (AvgIpc) is 3.10. The van der Waals surface area contributed by atoms with Gasteiger partial charge in [-0.3, -0.25) is 4.68 Å². The number of benzene rings is 1. The number of tetrazole rings is 1. The maximum atomic E-state index is 14.3. The van der Waals surface area contributed by atoms with E-state index in [9.17, 15) is 8.78 Å². The van der Waals surface area contributed by atoms with E-state index in [1.54, 1.807) is 42.3 Å². The summed E-state index contributed by atoms with van der Waals surface area (Å²) in [7, 11) is 1.79. The van der Waals surface area contributed by atoms with Crippen LogP contribution in [0.1, 0.15) is 17.0 Å². The average molecular weight is 304 g/mol. The lowest BCUT2D eigenvalue weighted by atomic mass is 10.1. The molecular formula is C14H14F2N6. The van der Waals surface area contributed by atoms with Crippen molar-refractivity contribution in [3.05, 3.63) is 59.7 Å². The molecule has 0 bridgehead atoms. The molecular weight excluding hydrogens is 290 g/mol. The van der Waals surface area contributed by atoms with Crippen molar-refractivity contribution >= 4 is 0 Å². The van der Waals surface area contributed by atoms with Gasteiger partial charge in [-0.15, -0.1) is 5.10 Å². The molecule has 1 aromatic carbocycles. The van der Waals surface area contributed by atoms with Crippen LogP contribution in [-0.4, -0.2) is 30.0 Å². The van der Waals surface area contributed by atoms with E-state index >= 15 is 0 Å². The van der Waals surface area contributed by atoms with E-state index in [1.165, 1.54) is 12.1 Å². The Morgan fingerprint density at radius 1 is 1.18 bits per heavy atom. The quantitative estimate of drug-likeness (QED) is 0.721. The zero-order chi connectivity index (χ0) is 15.6. The van der Waals surface area contributed by atoms with Crippen LogP contribution in [0.3, 0.4) is 0 Å². The van der Waals surface area contributed by atoms with E-state index < -0.39 is 12.5 Å². The molecule has 0 unspecified atom stereocenters. The molecule has 0 aliphatic rings. The fraction of sp³-hybridized carbons (Fsp3) is 0.286. The Morgan fingerprint density at radius 2 is 1.95 bits per heavy atom. The molecule has 0 saturated carbocycles. The topological polar surface area (TPSA) is 61.4 Å². The summed E-state index contributed by atoms with van der Waals surface area (Å²) in [6.45, 7) is -0.598. The van der Waals surface area contributed by atoms with Gasteiger partial charge in [0.15, 0.2) is 5.82 Å². The highest BCUT2D eigenvalue weighted by atomic mass is 19.3. The maximum absolute atomic E-state index is 14.3. The van der Waals surface area contributed by atoms with Crippen molar-refractivity contribution in [3.8, 4) is 0 Å². The molecule has 6 nitrogen and oxygen atoms in total. The highest BCUT2D eigenvalue weighted by Crippen LogP contribution is 2.29. The van der Waals surface area contributed by atoms with Crippen molar-refractivity contribution in [2.45, 2.75) is 18.9 Å². The van der Waals surface area contributed by atoms with Gasteiger partial charge >= 0.3 is 0 Å². The number of aryl methyl sites for hydroxylation is 1. The molecule has 0 aliphatic carbocycles. The van der Waals surface area contributed by atoms with E-state index in [0.717, 1.165) is 10.2 Å². The predicted molar refractivity (Wildman–Crippen MR) is 74.2 cm³/mol. The fourth-order valence-electron chi connectivity index (χ4n) is 2.18. The molecule has 3 aromatic rings. The Kier molecular flexibility index (Phi) is 3.66. The van der Waals surface area contributed by atoms with Gasteiger partial charge in [0.2, 0.25) is 0 Å². The van der Waals surface area contributed by atoms with Gasteiger partial charge in [0.1, 0.15) is 6.54 Å². The first-order chi connectivity index (χ1) is 10.5. The van der Waals surface area contributed by atoms with Crippen molar-refractivity contribution in [2.75, 3.05) is 0 Å². The number of hydrogen-bond donors (Lipinski definition) is 0. The van der Waals surface area contributed by atoms with Gasteiger partial charge in [0.25, 0.3) is 5.92 Å².